The van der Waals surface area contributed by atoms with Gasteiger partial charge in [-0.1, -0.05) is 19.4 Å². The summed E-state index contributed by atoms with van der Waals surface area (Å²) < 4.78 is 0. The van der Waals surface area contributed by atoms with Crippen LogP contribution in [0.15, 0.2) is 22.5 Å². The lowest BCUT2D eigenvalue weighted by atomic mass is 9.85. The standard InChI is InChI=1S/C13H21N3S.HI/c1-10(12-6-3-7-17-12)8-15-13(14)16-9-11-4-2-5-11;/h3,6-7,10-11H,2,4-5,8-9H2,1H3,(H3,14,15,16);1H. The van der Waals surface area contributed by atoms with Crippen molar-refractivity contribution < 1.29 is 0 Å². The molecule has 1 heterocycles. The van der Waals surface area contributed by atoms with E-state index in [9.17, 15) is 0 Å². The average molecular weight is 379 g/mol. The van der Waals surface area contributed by atoms with E-state index in [-0.39, 0.29) is 24.0 Å². The van der Waals surface area contributed by atoms with Crippen LogP contribution in [0.4, 0.5) is 0 Å². The van der Waals surface area contributed by atoms with Crippen molar-refractivity contribution in [2.24, 2.45) is 16.6 Å². The van der Waals surface area contributed by atoms with Crippen molar-refractivity contribution in [3.05, 3.63) is 22.4 Å². The molecule has 0 radical (unpaired) electrons. The molecule has 1 aliphatic carbocycles. The largest absolute Gasteiger partial charge is 0.370 e. The number of hydrogen-bond donors (Lipinski definition) is 2. The van der Waals surface area contributed by atoms with Gasteiger partial charge in [0.2, 0.25) is 0 Å². The molecule has 1 fully saturated rings. The third-order valence-corrected chi connectivity index (χ3v) is 4.46. The highest BCUT2D eigenvalue weighted by molar-refractivity contribution is 14.0. The van der Waals surface area contributed by atoms with Gasteiger partial charge in [0.05, 0.1) is 6.54 Å². The predicted molar refractivity (Wildman–Crippen MR) is 90.0 cm³/mol. The van der Waals surface area contributed by atoms with E-state index in [0.29, 0.717) is 11.9 Å². The molecule has 1 atom stereocenters. The Hall–Kier alpha value is -0.300. The van der Waals surface area contributed by atoms with Gasteiger partial charge in [0.25, 0.3) is 0 Å². The van der Waals surface area contributed by atoms with E-state index in [1.54, 1.807) is 11.3 Å². The Balaban J connectivity index is 0.00000162. The average Bonchev–Trinajstić information content (AvgIpc) is 2.77. The quantitative estimate of drug-likeness (QED) is 0.469. The zero-order valence-corrected chi connectivity index (χ0v) is 13.9. The fraction of sp³-hybridized carbons (Fsp3) is 0.615. The van der Waals surface area contributed by atoms with Gasteiger partial charge in [0, 0.05) is 17.3 Å². The van der Waals surface area contributed by atoms with Gasteiger partial charge in [-0.25, -0.2) is 0 Å². The molecule has 0 saturated heterocycles. The van der Waals surface area contributed by atoms with Gasteiger partial charge in [-0.2, -0.15) is 0 Å². The minimum Gasteiger partial charge on any atom is -0.370 e. The molecule has 0 spiro atoms. The van der Waals surface area contributed by atoms with Crippen molar-refractivity contribution in [3.8, 4) is 0 Å². The maximum atomic E-state index is 5.84. The van der Waals surface area contributed by atoms with Gasteiger partial charge in [-0.3, -0.25) is 4.99 Å². The molecule has 0 aliphatic heterocycles. The summed E-state index contributed by atoms with van der Waals surface area (Å²) in [6, 6.07) is 4.24. The van der Waals surface area contributed by atoms with Gasteiger partial charge < -0.3 is 11.1 Å². The van der Waals surface area contributed by atoms with Crippen LogP contribution in [0, 0.1) is 5.92 Å². The Bertz CT molecular complexity index is 360. The molecule has 1 aliphatic rings. The van der Waals surface area contributed by atoms with Crippen LogP contribution < -0.4 is 11.1 Å². The van der Waals surface area contributed by atoms with E-state index in [1.807, 2.05) is 0 Å². The number of halogens is 1. The molecule has 18 heavy (non-hydrogen) atoms. The Morgan fingerprint density at radius 1 is 1.61 bits per heavy atom. The van der Waals surface area contributed by atoms with Gasteiger partial charge >= 0.3 is 0 Å². The predicted octanol–water partition coefficient (Wildman–Crippen LogP) is 3.17. The van der Waals surface area contributed by atoms with Gasteiger partial charge in [-0.05, 0) is 30.2 Å². The first kappa shape index (κ1) is 15.8. The molecule has 102 valence electrons. The summed E-state index contributed by atoms with van der Waals surface area (Å²) in [7, 11) is 0. The monoisotopic (exact) mass is 379 g/mol. The van der Waals surface area contributed by atoms with Crippen LogP contribution in [0.5, 0.6) is 0 Å². The van der Waals surface area contributed by atoms with E-state index in [1.165, 1.54) is 24.1 Å². The highest BCUT2D eigenvalue weighted by Crippen LogP contribution is 2.25. The molecule has 0 bridgehead atoms. The van der Waals surface area contributed by atoms with Crippen molar-refractivity contribution in [1.29, 1.82) is 0 Å². The molecular weight excluding hydrogens is 357 g/mol. The summed E-state index contributed by atoms with van der Waals surface area (Å²) in [6.07, 6.45) is 4.05. The summed E-state index contributed by atoms with van der Waals surface area (Å²) in [5.74, 6) is 1.87. The Labute approximate surface area is 130 Å². The second-order valence-corrected chi connectivity index (χ2v) is 5.80. The third kappa shape index (κ3) is 4.76. The number of nitrogens with zero attached hydrogens (tertiary/aromatic N) is 1. The molecule has 3 N–H and O–H groups in total. The Morgan fingerprint density at radius 3 is 2.94 bits per heavy atom. The maximum Gasteiger partial charge on any atom is 0.188 e. The lowest BCUT2D eigenvalue weighted by Gasteiger charge is -2.25. The van der Waals surface area contributed by atoms with Crippen LogP contribution in [0.1, 0.15) is 37.0 Å². The minimum atomic E-state index is 0. The first-order valence-corrected chi connectivity index (χ1v) is 7.21. The number of guanidine groups is 1. The Morgan fingerprint density at radius 2 is 2.39 bits per heavy atom. The number of aliphatic imine (C=N–C) groups is 1. The van der Waals surface area contributed by atoms with E-state index < -0.39 is 0 Å². The van der Waals surface area contributed by atoms with Gasteiger partial charge in [-0.15, -0.1) is 35.3 Å². The summed E-state index contributed by atoms with van der Waals surface area (Å²) in [4.78, 5) is 5.78. The lowest BCUT2D eigenvalue weighted by molar-refractivity contribution is 0.315. The van der Waals surface area contributed by atoms with Crippen LogP contribution in [0.3, 0.4) is 0 Å². The Kier molecular flexibility index (Phi) is 6.99. The minimum absolute atomic E-state index is 0. The molecule has 1 unspecified atom stereocenters. The van der Waals surface area contributed by atoms with E-state index in [2.05, 4.69) is 34.7 Å². The van der Waals surface area contributed by atoms with Crippen LogP contribution in [-0.4, -0.2) is 19.0 Å². The molecule has 1 saturated carbocycles. The van der Waals surface area contributed by atoms with Crippen molar-refractivity contribution in [1.82, 2.24) is 5.32 Å². The molecule has 1 aromatic heterocycles. The molecule has 3 nitrogen and oxygen atoms in total. The number of nitrogens with one attached hydrogen (secondary N) is 1. The summed E-state index contributed by atoms with van der Waals surface area (Å²) in [6.45, 7) is 3.95. The molecule has 5 heteroatoms. The summed E-state index contributed by atoms with van der Waals surface area (Å²) in [5.41, 5.74) is 5.84. The van der Waals surface area contributed by atoms with Crippen LogP contribution in [-0.2, 0) is 0 Å². The van der Waals surface area contributed by atoms with Crippen molar-refractivity contribution in [3.63, 3.8) is 0 Å². The molecule has 0 aromatic carbocycles. The van der Waals surface area contributed by atoms with E-state index in [4.69, 9.17) is 5.73 Å². The first-order valence-electron chi connectivity index (χ1n) is 6.33. The fourth-order valence-corrected chi connectivity index (χ4v) is 2.68. The SMILES string of the molecule is CC(CN=C(N)NCC1CCC1)c1cccs1.I. The second-order valence-electron chi connectivity index (χ2n) is 4.82. The molecule has 0 amide bonds. The lowest BCUT2D eigenvalue weighted by Crippen LogP contribution is -2.37. The van der Waals surface area contributed by atoms with Gasteiger partial charge in [0.15, 0.2) is 5.96 Å². The van der Waals surface area contributed by atoms with Crippen LogP contribution in [0.2, 0.25) is 0 Å². The highest BCUT2D eigenvalue weighted by Gasteiger charge is 2.16. The fourth-order valence-electron chi connectivity index (χ4n) is 1.90. The van der Waals surface area contributed by atoms with Crippen molar-refractivity contribution in [2.45, 2.75) is 32.1 Å². The number of thiophene rings is 1. The van der Waals surface area contributed by atoms with Gasteiger partial charge in [0.1, 0.15) is 0 Å². The maximum absolute atomic E-state index is 5.84. The zero-order valence-electron chi connectivity index (χ0n) is 10.8. The molecule has 1 aromatic rings. The summed E-state index contributed by atoms with van der Waals surface area (Å²) >= 11 is 1.78. The number of nitrogens with two attached hydrogens (primary N) is 1. The number of rotatable bonds is 5. The zero-order chi connectivity index (χ0) is 12.1. The number of hydrogen-bond acceptors (Lipinski definition) is 2. The highest BCUT2D eigenvalue weighted by atomic mass is 127. The first-order chi connectivity index (χ1) is 8.25. The third-order valence-electron chi connectivity index (χ3n) is 3.36. The molecular formula is C13H22IN3S. The van der Waals surface area contributed by atoms with E-state index >= 15 is 0 Å². The van der Waals surface area contributed by atoms with Crippen molar-refractivity contribution in [2.75, 3.05) is 13.1 Å². The van der Waals surface area contributed by atoms with Crippen LogP contribution >= 0.6 is 35.3 Å². The summed E-state index contributed by atoms with van der Waals surface area (Å²) in [5, 5.41) is 5.32. The van der Waals surface area contributed by atoms with Crippen LogP contribution in [0.25, 0.3) is 0 Å². The normalized spacial score (nSPS) is 17.7. The van der Waals surface area contributed by atoms with E-state index in [0.717, 1.165) is 19.0 Å². The topological polar surface area (TPSA) is 50.4 Å². The second kappa shape index (κ2) is 7.99. The van der Waals surface area contributed by atoms with Crippen molar-refractivity contribution >= 4 is 41.3 Å². The smallest absolute Gasteiger partial charge is 0.188 e. The molecule has 2 rings (SSSR count).